The maximum absolute atomic E-state index is 11.9. The van der Waals surface area contributed by atoms with Crippen LogP contribution in [0.25, 0.3) is 0 Å². The Balaban J connectivity index is 0.000000861. The molecule has 0 bridgehead atoms. The van der Waals surface area contributed by atoms with Gasteiger partial charge in [-0.25, -0.2) is 14.4 Å². The van der Waals surface area contributed by atoms with Gasteiger partial charge in [0.1, 0.15) is 6.61 Å². The van der Waals surface area contributed by atoms with Gasteiger partial charge < -0.3 is 29.9 Å². The first-order chi connectivity index (χ1) is 15.6. The van der Waals surface area contributed by atoms with E-state index in [0.29, 0.717) is 19.4 Å². The fraction of sp³-hybridized carbons (Fsp3) is 0.500. The van der Waals surface area contributed by atoms with Crippen molar-refractivity contribution in [3.05, 3.63) is 34.9 Å². The summed E-state index contributed by atoms with van der Waals surface area (Å²) in [4.78, 5) is 53.8. The molecule has 184 valence electrons. The van der Waals surface area contributed by atoms with Gasteiger partial charge in [0.15, 0.2) is 0 Å². The molecule has 0 unspecified atom stereocenters. The van der Waals surface area contributed by atoms with E-state index < -0.39 is 29.8 Å². The summed E-state index contributed by atoms with van der Waals surface area (Å²) in [5, 5.41) is 34.2. The molecule has 11 nitrogen and oxygen atoms in total. The molecule has 0 aliphatic carbocycles. The van der Waals surface area contributed by atoms with Crippen molar-refractivity contribution in [3.63, 3.8) is 0 Å². The molecule has 1 aromatic carbocycles. The van der Waals surface area contributed by atoms with Crippen LogP contribution in [-0.2, 0) is 19.1 Å². The van der Waals surface area contributed by atoms with E-state index in [-0.39, 0.29) is 42.7 Å². The van der Waals surface area contributed by atoms with E-state index in [1.165, 1.54) is 0 Å². The molecular formula is C22H30O11. The number of aromatic carboxylic acids is 2. The maximum Gasteiger partial charge on any atom is 0.339 e. The number of benzene rings is 1. The minimum absolute atomic E-state index is 0.0265. The van der Waals surface area contributed by atoms with Gasteiger partial charge in [-0.05, 0) is 37.5 Å². The Morgan fingerprint density at radius 2 is 1.33 bits per heavy atom. The SMILES string of the molecule is CCCCCOCCOC(=O)c1cc(C(=O)O)ccc1C(=O)O.O=C(O)CCCCC(=O)O. The standard InChI is InChI=1S/C16H20O7.C6H10O4/c1-2-3-4-7-22-8-9-23-16(21)13-10-11(14(17)18)5-6-12(13)15(19)20;7-5(8)3-1-2-4-6(9)10/h5-6,10H,2-4,7-9H2,1H3,(H,17,18)(H,19,20);1-4H2,(H,7,8)(H,9,10). The molecule has 0 radical (unpaired) electrons. The van der Waals surface area contributed by atoms with Gasteiger partial charge in [0, 0.05) is 19.4 Å². The van der Waals surface area contributed by atoms with E-state index in [2.05, 4.69) is 6.92 Å². The van der Waals surface area contributed by atoms with Crippen molar-refractivity contribution in [2.24, 2.45) is 0 Å². The average molecular weight is 470 g/mol. The molecular weight excluding hydrogens is 440 g/mol. The van der Waals surface area contributed by atoms with Crippen molar-refractivity contribution in [1.82, 2.24) is 0 Å². The Morgan fingerprint density at radius 3 is 1.82 bits per heavy atom. The van der Waals surface area contributed by atoms with Crippen LogP contribution >= 0.6 is 0 Å². The zero-order valence-corrected chi connectivity index (χ0v) is 18.4. The van der Waals surface area contributed by atoms with Crippen LogP contribution in [0.1, 0.15) is 82.9 Å². The smallest absolute Gasteiger partial charge is 0.339 e. The van der Waals surface area contributed by atoms with Crippen LogP contribution in [0, 0.1) is 0 Å². The van der Waals surface area contributed by atoms with Gasteiger partial charge in [0.05, 0.1) is 23.3 Å². The number of rotatable bonds is 15. The summed E-state index contributed by atoms with van der Waals surface area (Å²) in [6.07, 6.45) is 4.08. The van der Waals surface area contributed by atoms with E-state index in [1.807, 2.05) is 0 Å². The lowest BCUT2D eigenvalue weighted by Gasteiger charge is -2.09. The van der Waals surface area contributed by atoms with Crippen LogP contribution in [0.2, 0.25) is 0 Å². The Kier molecular flexibility index (Phi) is 15.3. The summed E-state index contributed by atoms with van der Waals surface area (Å²) in [7, 11) is 0. The minimum Gasteiger partial charge on any atom is -0.481 e. The molecule has 0 spiro atoms. The predicted octanol–water partition coefficient (Wildman–Crippen LogP) is 3.16. The first-order valence-electron chi connectivity index (χ1n) is 10.4. The van der Waals surface area contributed by atoms with Gasteiger partial charge in [0.2, 0.25) is 0 Å². The van der Waals surface area contributed by atoms with Crippen LogP contribution in [0.3, 0.4) is 0 Å². The fourth-order valence-corrected chi connectivity index (χ4v) is 2.41. The number of hydrogen-bond acceptors (Lipinski definition) is 7. The molecule has 0 fully saturated rings. The van der Waals surface area contributed by atoms with E-state index in [1.54, 1.807) is 0 Å². The molecule has 0 atom stereocenters. The van der Waals surface area contributed by atoms with Gasteiger partial charge >= 0.3 is 29.8 Å². The summed E-state index contributed by atoms with van der Waals surface area (Å²) in [6, 6.07) is 3.19. The first-order valence-corrected chi connectivity index (χ1v) is 10.4. The maximum atomic E-state index is 11.9. The van der Waals surface area contributed by atoms with Crippen molar-refractivity contribution >= 4 is 29.8 Å². The Labute approximate surface area is 190 Å². The highest BCUT2D eigenvalue weighted by Crippen LogP contribution is 2.14. The number of esters is 1. The van der Waals surface area contributed by atoms with Crippen molar-refractivity contribution in [1.29, 1.82) is 0 Å². The second-order valence-corrected chi connectivity index (χ2v) is 6.82. The number of carbonyl (C=O) groups is 5. The lowest BCUT2D eigenvalue weighted by Crippen LogP contribution is -2.16. The second kappa shape index (κ2) is 17.1. The van der Waals surface area contributed by atoms with Crippen LogP contribution in [0.5, 0.6) is 0 Å². The number of unbranched alkanes of at least 4 members (excludes halogenated alkanes) is 3. The minimum atomic E-state index is -1.33. The molecule has 0 aromatic heterocycles. The second-order valence-electron chi connectivity index (χ2n) is 6.82. The summed E-state index contributed by atoms with van der Waals surface area (Å²) < 4.78 is 10.2. The number of hydrogen-bond donors (Lipinski definition) is 4. The molecule has 0 saturated heterocycles. The molecule has 0 aliphatic rings. The highest BCUT2D eigenvalue weighted by atomic mass is 16.6. The highest BCUT2D eigenvalue weighted by molar-refractivity contribution is 6.04. The molecule has 0 amide bonds. The van der Waals surface area contributed by atoms with Crippen LogP contribution in [-0.4, -0.2) is 70.1 Å². The number of carbonyl (C=O) groups excluding carboxylic acids is 1. The third-order valence-corrected chi connectivity index (χ3v) is 4.10. The van der Waals surface area contributed by atoms with Gasteiger partial charge in [-0.1, -0.05) is 19.8 Å². The Morgan fingerprint density at radius 1 is 0.727 bits per heavy atom. The quantitative estimate of drug-likeness (QED) is 0.218. The molecule has 4 N–H and O–H groups in total. The van der Waals surface area contributed by atoms with Crippen LogP contribution in [0.4, 0.5) is 0 Å². The largest absolute Gasteiger partial charge is 0.481 e. The van der Waals surface area contributed by atoms with E-state index in [9.17, 15) is 24.0 Å². The Hall–Kier alpha value is -3.47. The van der Waals surface area contributed by atoms with E-state index >= 15 is 0 Å². The van der Waals surface area contributed by atoms with Crippen molar-refractivity contribution in [2.45, 2.75) is 51.9 Å². The van der Waals surface area contributed by atoms with Gasteiger partial charge in [-0.2, -0.15) is 0 Å². The molecule has 0 aliphatic heterocycles. The lowest BCUT2D eigenvalue weighted by atomic mass is 10.0. The topological polar surface area (TPSA) is 185 Å². The van der Waals surface area contributed by atoms with Crippen LogP contribution in [0.15, 0.2) is 18.2 Å². The lowest BCUT2D eigenvalue weighted by molar-refractivity contribution is -0.139. The summed E-state index contributed by atoms with van der Waals surface area (Å²) in [5.41, 5.74) is -0.773. The van der Waals surface area contributed by atoms with E-state index in [0.717, 1.165) is 37.5 Å². The van der Waals surface area contributed by atoms with Gasteiger partial charge in [0.25, 0.3) is 0 Å². The number of ether oxygens (including phenoxy) is 2. The van der Waals surface area contributed by atoms with Gasteiger partial charge in [-0.15, -0.1) is 0 Å². The molecule has 1 aromatic rings. The van der Waals surface area contributed by atoms with Crippen molar-refractivity contribution < 1.29 is 53.9 Å². The third kappa shape index (κ3) is 14.3. The average Bonchev–Trinajstić information content (AvgIpc) is 2.75. The molecule has 11 heteroatoms. The number of carboxylic acid groups (broad SMARTS) is 4. The summed E-state index contributed by atoms with van der Waals surface area (Å²) in [5.74, 6) is -5.21. The molecule has 0 saturated carbocycles. The normalized spacial score (nSPS) is 9.97. The zero-order valence-electron chi connectivity index (χ0n) is 18.4. The van der Waals surface area contributed by atoms with E-state index in [4.69, 9.17) is 29.9 Å². The molecule has 1 rings (SSSR count). The highest BCUT2D eigenvalue weighted by Gasteiger charge is 2.20. The monoisotopic (exact) mass is 470 g/mol. The fourth-order valence-electron chi connectivity index (χ4n) is 2.41. The molecule has 33 heavy (non-hydrogen) atoms. The zero-order chi connectivity index (χ0) is 25.2. The third-order valence-electron chi connectivity index (χ3n) is 4.10. The number of carboxylic acids is 4. The van der Waals surface area contributed by atoms with Crippen molar-refractivity contribution in [2.75, 3.05) is 19.8 Å². The molecule has 0 heterocycles. The number of aliphatic carboxylic acids is 2. The predicted molar refractivity (Wildman–Crippen MR) is 115 cm³/mol. The first kappa shape index (κ1) is 29.5. The Bertz CT molecular complexity index is 786. The summed E-state index contributed by atoms with van der Waals surface area (Å²) >= 11 is 0. The van der Waals surface area contributed by atoms with Gasteiger partial charge in [-0.3, -0.25) is 9.59 Å². The summed E-state index contributed by atoms with van der Waals surface area (Å²) in [6.45, 7) is 2.82. The van der Waals surface area contributed by atoms with Crippen molar-refractivity contribution in [3.8, 4) is 0 Å². The van der Waals surface area contributed by atoms with Crippen LogP contribution < -0.4 is 0 Å².